The van der Waals surface area contributed by atoms with Crippen molar-refractivity contribution >= 4 is 29.1 Å². The zero-order valence-corrected chi connectivity index (χ0v) is 15.0. The van der Waals surface area contributed by atoms with Crippen molar-refractivity contribution in [2.75, 3.05) is 10.9 Å². The summed E-state index contributed by atoms with van der Waals surface area (Å²) in [6.07, 6.45) is 3.74. The summed E-state index contributed by atoms with van der Waals surface area (Å²) < 4.78 is 13.7. The highest BCUT2D eigenvalue weighted by Crippen LogP contribution is 2.27. The van der Waals surface area contributed by atoms with E-state index in [0.717, 1.165) is 12.4 Å². The first-order valence-electron chi connectivity index (χ1n) is 8.24. The van der Waals surface area contributed by atoms with Crippen LogP contribution in [0.4, 0.5) is 21.7 Å². The van der Waals surface area contributed by atoms with Crippen LogP contribution in [0.3, 0.4) is 0 Å². The lowest BCUT2D eigenvalue weighted by molar-refractivity contribution is -0.383. The first-order valence-corrected chi connectivity index (χ1v) is 8.24. The van der Waals surface area contributed by atoms with Crippen LogP contribution in [-0.2, 0) is 0 Å². The summed E-state index contributed by atoms with van der Waals surface area (Å²) in [5.74, 6) is -3.00. The van der Waals surface area contributed by atoms with Gasteiger partial charge < -0.3 is 0 Å². The average molecular weight is 412 g/mol. The highest BCUT2D eigenvalue weighted by molar-refractivity contribution is 5.96. The molecule has 0 bridgehead atoms. The molecule has 30 heavy (non-hydrogen) atoms. The number of anilines is 2. The van der Waals surface area contributed by atoms with E-state index in [4.69, 9.17) is 0 Å². The van der Waals surface area contributed by atoms with Gasteiger partial charge in [0.2, 0.25) is 11.6 Å². The molecule has 0 aliphatic heterocycles. The summed E-state index contributed by atoms with van der Waals surface area (Å²) in [7, 11) is 0. The number of amides is 2. The number of aromatic nitrogens is 3. The lowest BCUT2D eigenvalue weighted by atomic mass is 10.2. The van der Waals surface area contributed by atoms with Crippen molar-refractivity contribution in [1.29, 1.82) is 0 Å². The largest absolute Gasteiger partial charge is 0.356 e. The molecule has 0 fully saturated rings. The van der Waals surface area contributed by atoms with Crippen LogP contribution < -0.4 is 21.7 Å². The van der Waals surface area contributed by atoms with Gasteiger partial charge in [-0.25, -0.2) is 14.4 Å². The third kappa shape index (κ3) is 4.59. The summed E-state index contributed by atoms with van der Waals surface area (Å²) in [5, 5.41) is 11.5. The van der Waals surface area contributed by atoms with Crippen molar-refractivity contribution in [3.05, 3.63) is 82.2 Å². The first kappa shape index (κ1) is 20.1. The van der Waals surface area contributed by atoms with E-state index < -0.39 is 34.1 Å². The summed E-state index contributed by atoms with van der Waals surface area (Å²) in [4.78, 5) is 46.0. The molecule has 2 heterocycles. The number of hydrogen-bond acceptors (Lipinski definition) is 9. The number of hydrazine groups is 2. The molecule has 0 radical (unpaired) electrons. The molecule has 2 aromatic heterocycles. The van der Waals surface area contributed by atoms with Crippen LogP contribution in [0.15, 0.2) is 55.1 Å². The fourth-order valence-corrected chi connectivity index (χ4v) is 2.25. The van der Waals surface area contributed by atoms with Gasteiger partial charge in [-0.3, -0.25) is 46.4 Å². The highest BCUT2D eigenvalue weighted by Gasteiger charge is 2.24. The third-order valence-corrected chi connectivity index (χ3v) is 3.64. The number of hydrogen-bond donors (Lipinski definition) is 4. The number of nitrogens with one attached hydrogen (secondary N) is 4. The van der Waals surface area contributed by atoms with Gasteiger partial charge in [0.05, 0.1) is 16.1 Å². The van der Waals surface area contributed by atoms with Gasteiger partial charge in [0.25, 0.3) is 11.8 Å². The predicted octanol–water partition coefficient (Wildman–Crippen LogP) is 1.43. The molecule has 4 N–H and O–H groups in total. The molecule has 12 nitrogen and oxygen atoms in total. The molecule has 0 aliphatic carbocycles. The molecule has 13 heteroatoms. The fraction of sp³-hybridized carbons (Fsp3) is 0. The Hall–Kier alpha value is -4.68. The number of pyridine rings is 1. The van der Waals surface area contributed by atoms with E-state index in [1.807, 2.05) is 0 Å². The van der Waals surface area contributed by atoms with Crippen LogP contribution in [0.25, 0.3) is 0 Å². The second-order valence-electron chi connectivity index (χ2n) is 5.56. The molecule has 0 saturated carbocycles. The van der Waals surface area contributed by atoms with Gasteiger partial charge in [-0.05, 0) is 24.3 Å². The summed E-state index contributed by atoms with van der Waals surface area (Å²) in [5.41, 5.74) is 8.22. The number of carbonyl (C=O) groups is 2. The maximum Gasteiger partial charge on any atom is 0.356 e. The monoisotopic (exact) mass is 412 g/mol. The Bertz CT molecular complexity index is 1100. The molecule has 0 aliphatic rings. The fourth-order valence-electron chi connectivity index (χ4n) is 2.25. The molecule has 0 unspecified atom stereocenters. The van der Waals surface area contributed by atoms with E-state index in [1.165, 1.54) is 36.7 Å². The molecule has 1 aromatic carbocycles. The van der Waals surface area contributed by atoms with E-state index in [2.05, 4.69) is 36.7 Å². The van der Waals surface area contributed by atoms with Gasteiger partial charge in [0, 0.05) is 12.4 Å². The number of benzene rings is 1. The van der Waals surface area contributed by atoms with E-state index in [-0.39, 0.29) is 16.9 Å². The third-order valence-electron chi connectivity index (χ3n) is 3.64. The Labute approximate surface area is 167 Å². The minimum absolute atomic E-state index is 0.206. The Morgan fingerprint density at radius 2 is 1.63 bits per heavy atom. The van der Waals surface area contributed by atoms with Crippen LogP contribution in [0.5, 0.6) is 0 Å². The minimum Gasteiger partial charge on any atom is -0.276 e. The van der Waals surface area contributed by atoms with Crippen LogP contribution in [0.2, 0.25) is 0 Å². The molecule has 3 rings (SSSR count). The molecule has 0 saturated heterocycles. The van der Waals surface area contributed by atoms with Crippen LogP contribution in [0, 0.1) is 15.9 Å². The van der Waals surface area contributed by atoms with Crippen molar-refractivity contribution in [2.24, 2.45) is 0 Å². The first-order chi connectivity index (χ1) is 14.5. The van der Waals surface area contributed by atoms with E-state index in [1.54, 1.807) is 6.07 Å². The smallest absolute Gasteiger partial charge is 0.276 e. The normalized spacial score (nSPS) is 10.0. The predicted molar refractivity (Wildman–Crippen MR) is 102 cm³/mol. The van der Waals surface area contributed by atoms with Crippen LogP contribution >= 0.6 is 0 Å². The van der Waals surface area contributed by atoms with Crippen LogP contribution in [-0.4, -0.2) is 31.7 Å². The molecule has 0 spiro atoms. The molecule has 0 atom stereocenters. The van der Waals surface area contributed by atoms with Gasteiger partial charge in [-0.1, -0.05) is 12.1 Å². The van der Waals surface area contributed by atoms with Crippen LogP contribution in [0.1, 0.15) is 20.7 Å². The van der Waals surface area contributed by atoms with E-state index in [9.17, 15) is 24.1 Å². The zero-order valence-electron chi connectivity index (χ0n) is 15.0. The average Bonchev–Trinajstić information content (AvgIpc) is 2.76. The Morgan fingerprint density at radius 1 is 0.967 bits per heavy atom. The number of halogens is 1. The maximum atomic E-state index is 13.7. The van der Waals surface area contributed by atoms with E-state index >= 15 is 0 Å². The van der Waals surface area contributed by atoms with Crippen molar-refractivity contribution in [3.63, 3.8) is 0 Å². The molecular formula is C17H13FN8O4. The second-order valence-corrected chi connectivity index (χ2v) is 5.56. The molecule has 3 aromatic rings. The summed E-state index contributed by atoms with van der Waals surface area (Å²) in [6.45, 7) is 0. The van der Waals surface area contributed by atoms with Crippen molar-refractivity contribution in [3.8, 4) is 0 Å². The molecule has 152 valence electrons. The highest BCUT2D eigenvalue weighted by atomic mass is 19.1. The second kappa shape index (κ2) is 9.01. The number of nitro groups is 1. The lowest BCUT2D eigenvalue weighted by Crippen LogP contribution is -2.32. The number of carbonyl (C=O) groups excluding carboxylic acids is 2. The van der Waals surface area contributed by atoms with E-state index in [0.29, 0.717) is 0 Å². The van der Waals surface area contributed by atoms with Gasteiger partial charge in [-0.2, -0.15) is 0 Å². The van der Waals surface area contributed by atoms with Crippen molar-refractivity contribution in [2.45, 2.75) is 0 Å². The minimum atomic E-state index is -0.875. The Morgan fingerprint density at radius 3 is 2.23 bits per heavy atom. The van der Waals surface area contributed by atoms with Gasteiger partial charge in [0.1, 0.15) is 12.1 Å². The summed E-state index contributed by atoms with van der Waals surface area (Å²) in [6, 6.07) is 8.23. The summed E-state index contributed by atoms with van der Waals surface area (Å²) >= 11 is 0. The topological polar surface area (TPSA) is 164 Å². The lowest BCUT2D eigenvalue weighted by Gasteiger charge is -2.11. The number of nitrogens with zero attached hydrogens (tertiary/aromatic N) is 4. The standard InChI is InChI=1S/C17H13FN8O4/c18-12-6-2-1-5-11(12)17(28)25-23-15-13(26(29)30)14(20-9-21-15)22-24-16(27)10-4-3-7-19-8-10/h1-9H,(H,24,27)(H,25,28)(H2,20,21,22,23). The van der Waals surface area contributed by atoms with Gasteiger partial charge >= 0.3 is 5.69 Å². The maximum absolute atomic E-state index is 13.7. The Balaban J connectivity index is 1.74. The molecule has 2 amide bonds. The zero-order chi connectivity index (χ0) is 21.5. The SMILES string of the molecule is O=C(NNc1ncnc(NNC(=O)c2ccccc2F)c1[N+](=O)[O-])c1cccnc1. The van der Waals surface area contributed by atoms with Crippen molar-refractivity contribution < 1.29 is 18.9 Å². The quantitative estimate of drug-likeness (QED) is 0.332. The Kier molecular flexibility index (Phi) is 6.02. The molecular weight excluding hydrogens is 399 g/mol. The van der Waals surface area contributed by atoms with Crippen molar-refractivity contribution in [1.82, 2.24) is 25.8 Å². The number of rotatable bonds is 7. The van der Waals surface area contributed by atoms with Gasteiger partial charge in [0.15, 0.2) is 0 Å². The van der Waals surface area contributed by atoms with Gasteiger partial charge in [-0.15, -0.1) is 0 Å².